The van der Waals surface area contributed by atoms with Crippen molar-refractivity contribution in [2.45, 2.75) is 40.5 Å². The monoisotopic (exact) mass is 206 g/mol. The number of phenols is 1. The van der Waals surface area contributed by atoms with Crippen molar-refractivity contribution in [1.82, 2.24) is 0 Å². The molecular formula is C14H22O. The van der Waals surface area contributed by atoms with Crippen LogP contribution in [0.25, 0.3) is 0 Å². The summed E-state index contributed by atoms with van der Waals surface area (Å²) in [6.07, 6.45) is 2.12. The molecule has 0 amide bonds. The van der Waals surface area contributed by atoms with Crippen molar-refractivity contribution in [1.29, 1.82) is 0 Å². The Balaban J connectivity index is 2.73. The minimum Gasteiger partial charge on any atom is -0.508 e. The van der Waals surface area contributed by atoms with Crippen molar-refractivity contribution in [3.8, 4) is 5.75 Å². The lowest BCUT2D eigenvalue weighted by molar-refractivity contribution is 0.282. The van der Waals surface area contributed by atoms with Gasteiger partial charge >= 0.3 is 0 Å². The topological polar surface area (TPSA) is 20.2 Å². The van der Waals surface area contributed by atoms with Crippen LogP contribution >= 0.6 is 0 Å². The average molecular weight is 206 g/mol. The predicted octanol–water partition coefficient (Wildman–Crippen LogP) is 4.01. The first-order valence-electron chi connectivity index (χ1n) is 5.67. The van der Waals surface area contributed by atoms with Crippen molar-refractivity contribution >= 4 is 0 Å². The number of benzene rings is 1. The summed E-state index contributed by atoms with van der Waals surface area (Å²) < 4.78 is 0. The zero-order valence-electron chi connectivity index (χ0n) is 10.2. The number of para-hydroxylation sites is 1. The van der Waals surface area contributed by atoms with Crippen molar-refractivity contribution in [2.75, 3.05) is 0 Å². The van der Waals surface area contributed by atoms with Gasteiger partial charge in [-0.3, -0.25) is 0 Å². The molecule has 84 valence electrons. The Hall–Kier alpha value is -0.980. The summed E-state index contributed by atoms with van der Waals surface area (Å²) in [5, 5.41) is 9.71. The molecular weight excluding hydrogens is 184 g/mol. The second-order valence-electron chi connectivity index (χ2n) is 5.57. The highest BCUT2D eigenvalue weighted by Gasteiger charge is 2.21. The zero-order chi connectivity index (χ0) is 11.5. The molecule has 0 aliphatic heterocycles. The quantitative estimate of drug-likeness (QED) is 0.789. The molecule has 1 aromatic rings. The smallest absolute Gasteiger partial charge is 0.118 e. The summed E-state index contributed by atoms with van der Waals surface area (Å²) in [6.45, 7) is 9.01. The number of hydrogen-bond donors (Lipinski definition) is 1. The molecule has 0 bridgehead atoms. The van der Waals surface area contributed by atoms with Gasteiger partial charge < -0.3 is 5.11 Å². The van der Waals surface area contributed by atoms with Crippen LogP contribution in [-0.2, 0) is 6.42 Å². The number of hydrogen-bond acceptors (Lipinski definition) is 1. The van der Waals surface area contributed by atoms with Crippen LogP contribution in [-0.4, -0.2) is 5.11 Å². The Morgan fingerprint density at radius 2 is 1.80 bits per heavy atom. The molecule has 1 aromatic carbocycles. The van der Waals surface area contributed by atoms with Gasteiger partial charge in [-0.2, -0.15) is 0 Å². The van der Waals surface area contributed by atoms with E-state index < -0.39 is 0 Å². The summed E-state index contributed by atoms with van der Waals surface area (Å²) in [6, 6.07) is 7.63. The van der Waals surface area contributed by atoms with Crippen LogP contribution in [0.3, 0.4) is 0 Å². The van der Waals surface area contributed by atoms with Crippen LogP contribution < -0.4 is 0 Å². The molecule has 1 N–H and O–H groups in total. The van der Waals surface area contributed by atoms with Gasteiger partial charge in [0.25, 0.3) is 0 Å². The Kier molecular flexibility index (Phi) is 3.78. The first kappa shape index (κ1) is 12.1. The third-order valence-electron chi connectivity index (χ3n) is 2.62. The number of phenolic OH excluding ortho intramolecular Hbond substituents is 1. The normalized spacial score (nSPS) is 12.1. The first-order chi connectivity index (χ1) is 6.91. The Labute approximate surface area is 93.1 Å². The first-order valence-corrected chi connectivity index (χ1v) is 5.67. The van der Waals surface area contributed by atoms with Crippen LogP contribution in [0.5, 0.6) is 5.75 Å². The lowest BCUT2D eigenvalue weighted by Gasteiger charge is -2.27. The molecule has 0 atom stereocenters. The number of aromatic hydroxyl groups is 1. The predicted molar refractivity (Wildman–Crippen MR) is 65.0 cm³/mol. The largest absolute Gasteiger partial charge is 0.508 e. The third kappa shape index (κ3) is 3.94. The van der Waals surface area contributed by atoms with Gasteiger partial charge in [-0.25, -0.2) is 0 Å². The standard InChI is InChI=1S/C14H22O/c1-11(2)9-14(3,4)10-12-7-5-6-8-13(12)15/h5-8,11,15H,9-10H2,1-4H3. The van der Waals surface area contributed by atoms with Crippen molar-refractivity contribution in [3.05, 3.63) is 29.8 Å². The van der Waals surface area contributed by atoms with Gasteiger partial charge in [0.1, 0.15) is 5.75 Å². The summed E-state index contributed by atoms with van der Waals surface area (Å²) in [4.78, 5) is 0. The van der Waals surface area contributed by atoms with Gasteiger partial charge in [0.15, 0.2) is 0 Å². The fourth-order valence-corrected chi connectivity index (χ4v) is 2.35. The molecule has 1 heteroatoms. The summed E-state index contributed by atoms with van der Waals surface area (Å²) >= 11 is 0. The molecule has 0 saturated carbocycles. The molecule has 1 rings (SSSR count). The molecule has 0 fully saturated rings. The molecule has 0 aromatic heterocycles. The van der Waals surface area contributed by atoms with E-state index in [0.717, 1.165) is 12.0 Å². The zero-order valence-corrected chi connectivity index (χ0v) is 10.2. The second-order valence-corrected chi connectivity index (χ2v) is 5.57. The van der Waals surface area contributed by atoms with Crippen LogP contribution in [0.2, 0.25) is 0 Å². The van der Waals surface area contributed by atoms with E-state index in [-0.39, 0.29) is 5.41 Å². The van der Waals surface area contributed by atoms with Crippen LogP contribution in [0, 0.1) is 11.3 Å². The van der Waals surface area contributed by atoms with Crippen LogP contribution in [0.1, 0.15) is 39.7 Å². The molecule has 0 saturated heterocycles. The second kappa shape index (κ2) is 4.69. The Morgan fingerprint density at radius 1 is 1.20 bits per heavy atom. The van der Waals surface area contributed by atoms with E-state index in [0.29, 0.717) is 11.7 Å². The fraction of sp³-hybridized carbons (Fsp3) is 0.571. The highest BCUT2D eigenvalue weighted by Crippen LogP contribution is 2.32. The maximum Gasteiger partial charge on any atom is 0.118 e. The van der Waals surface area contributed by atoms with E-state index in [9.17, 15) is 5.11 Å². The Morgan fingerprint density at radius 3 is 2.33 bits per heavy atom. The summed E-state index contributed by atoms with van der Waals surface area (Å²) in [5.41, 5.74) is 1.32. The van der Waals surface area contributed by atoms with Crippen molar-refractivity contribution in [3.63, 3.8) is 0 Å². The van der Waals surface area contributed by atoms with Gasteiger partial charge in [-0.1, -0.05) is 45.9 Å². The molecule has 0 aliphatic carbocycles. The van der Waals surface area contributed by atoms with E-state index in [1.807, 2.05) is 18.2 Å². The maximum absolute atomic E-state index is 9.71. The lowest BCUT2D eigenvalue weighted by atomic mass is 9.79. The van der Waals surface area contributed by atoms with Gasteiger partial charge in [-0.15, -0.1) is 0 Å². The van der Waals surface area contributed by atoms with E-state index in [4.69, 9.17) is 0 Å². The summed E-state index contributed by atoms with van der Waals surface area (Å²) in [5.74, 6) is 1.13. The molecule has 15 heavy (non-hydrogen) atoms. The lowest BCUT2D eigenvalue weighted by Crippen LogP contribution is -2.17. The molecule has 0 spiro atoms. The highest BCUT2D eigenvalue weighted by atomic mass is 16.3. The third-order valence-corrected chi connectivity index (χ3v) is 2.62. The van der Waals surface area contributed by atoms with Gasteiger partial charge in [0, 0.05) is 0 Å². The minimum atomic E-state index is 0.257. The molecule has 1 nitrogen and oxygen atoms in total. The van der Waals surface area contributed by atoms with Crippen molar-refractivity contribution in [2.24, 2.45) is 11.3 Å². The molecule has 0 radical (unpaired) electrons. The average Bonchev–Trinajstić information content (AvgIpc) is 2.06. The van der Waals surface area contributed by atoms with Crippen LogP contribution in [0.4, 0.5) is 0 Å². The molecule has 0 unspecified atom stereocenters. The minimum absolute atomic E-state index is 0.257. The van der Waals surface area contributed by atoms with Gasteiger partial charge in [0.05, 0.1) is 0 Å². The van der Waals surface area contributed by atoms with E-state index in [1.165, 1.54) is 6.42 Å². The SMILES string of the molecule is CC(C)CC(C)(C)Cc1ccccc1O. The van der Waals surface area contributed by atoms with Crippen LogP contribution in [0.15, 0.2) is 24.3 Å². The van der Waals surface area contributed by atoms with Gasteiger partial charge in [0.2, 0.25) is 0 Å². The maximum atomic E-state index is 9.71. The summed E-state index contributed by atoms with van der Waals surface area (Å²) in [7, 11) is 0. The number of rotatable bonds is 4. The van der Waals surface area contributed by atoms with Crippen molar-refractivity contribution < 1.29 is 5.11 Å². The van der Waals surface area contributed by atoms with E-state index in [2.05, 4.69) is 27.7 Å². The molecule has 0 heterocycles. The fourth-order valence-electron chi connectivity index (χ4n) is 2.35. The Bertz CT molecular complexity index is 313. The van der Waals surface area contributed by atoms with E-state index >= 15 is 0 Å². The van der Waals surface area contributed by atoms with Gasteiger partial charge in [-0.05, 0) is 35.8 Å². The highest BCUT2D eigenvalue weighted by molar-refractivity contribution is 5.32. The molecule has 0 aliphatic rings. The van der Waals surface area contributed by atoms with E-state index in [1.54, 1.807) is 6.07 Å².